The predicted molar refractivity (Wildman–Crippen MR) is 147 cm³/mol. The highest BCUT2D eigenvalue weighted by Gasteiger charge is 2.83. The van der Waals surface area contributed by atoms with Crippen LogP contribution in [0.1, 0.15) is 42.9 Å². The average Bonchev–Trinajstić information content (AvgIpc) is 2.89. The first-order valence-corrected chi connectivity index (χ1v) is 13.5. The summed E-state index contributed by atoms with van der Waals surface area (Å²) in [5.74, 6) is 4.30. The highest BCUT2D eigenvalue weighted by molar-refractivity contribution is 5.93. The zero-order chi connectivity index (χ0) is 26.2. The van der Waals surface area contributed by atoms with Crippen molar-refractivity contribution in [2.24, 2.45) is 29.1 Å². The van der Waals surface area contributed by atoms with E-state index in [2.05, 4.69) is 30.0 Å². The number of hydrogen-bond donors (Lipinski definition) is 1. The summed E-state index contributed by atoms with van der Waals surface area (Å²) >= 11 is 0. The van der Waals surface area contributed by atoms with Crippen LogP contribution in [-0.4, -0.2) is 18.8 Å². The minimum atomic E-state index is 0.100. The Labute approximate surface area is 223 Å². The predicted octanol–water partition coefficient (Wildman–Crippen LogP) is 6.66. The highest BCUT2D eigenvalue weighted by atomic mass is 16.5. The molecule has 4 fully saturated rings. The molecule has 0 aromatic heterocycles. The van der Waals surface area contributed by atoms with Gasteiger partial charge in [-0.1, -0.05) is 30.3 Å². The second-order valence-electron chi connectivity index (χ2n) is 11.1. The average molecular weight is 500 g/mol. The van der Waals surface area contributed by atoms with E-state index in [1.54, 1.807) is 13.2 Å². The van der Waals surface area contributed by atoms with Gasteiger partial charge in [0.05, 0.1) is 7.11 Å². The molecule has 4 saturated carbocycles. The lowest BCUT2D eigenvalue weighted by Crippen LogP contribution is -2.81. The monoisotopic (exact) mass is 499 g/mol. The second kappa shape index (κ2) is 8.14. The van der Waals surface area contributed by atoms with E-state index < -0.39 is 0 Å². The molecule has 1 aliphatic heterocycles. The number of fused-ring (bicyclic) bond motifs is 1. The van der Waals surface area contributed by atoms with Gasteiger partial charge in [0.25, 0.3) is 0 Å². The van der Waals surface area contributed by atoms with Crippen molar-refractivity contribution in [3.8, 4) is 17.9 Å². The maximum absolute atomic E-state index is 10.4. The van der Waals surface area contributed by atoms with Gasteiger partial charge in [-0.15, -0.1) is 0 Å². The van der Waals surface area contributed by atoms with E-state index in [1.165, 1.54) is 24.8 Å². The lowest BCUT2D eigenvalue weighted by atomic mass is 9.17. The molecule has 38 heavy (non-hydrogen) atoms. The molecule has 5 heteroatoms. The van der Waals surface area contributed by atoms with E-state index in [9.17, 15) is 15.6 Å². The van der Waals surface area contributed by atoms with E-state index in [0.29, 0.717) is 22.8 Å². The van der Waals surface area contributed by atoms with Crippen LogP contribution in [0.5, 0.6) is 5.75 Å². The first-order valence-electron chi connectivity index (χ1n) is 13.5. The molecule has 0 bridgehead atoms. The van der Waals surface area contributed by atoms with Crippen molar-refractivity contribution in [2.45, 2.75) is 26.2 Å². The van der Waals surface area contributed by atoms with Crippen molar-refractivity contribution in [2.75, 3.05) is 18.6 Å². The number of para-hydroxylation sites is 1. The molecular weight excluding hydrogens is 470 g/mol. The Morgan fingerprint density at radius 1 is 1.08 bits per heavy atom. The number of anilines is 1. The van der Waals surface area contributed by atoms with Gasteiger partial charge in [0.15, 0.2) is 0 Å². The summed E-state index contributed by atoms with van der Waals surface area (Å²) in [4.78, 5) is 2.19. The van der Waals surface area contributed by atoms with Crippen LogP contribution >= 0.6 is 0 Å². The van der Waals surface area contributed by atoms with Gasteiger partial charge in [-0.2, -0.15) is 10.5 Å². The molecular formula is C33H29N3O2. The van der Waals surface area contributed by atoms with E-state index in [1.807, 2.05) is 48.6 Å². The van der Waals surface area contributed by atoms with Gasteiger partial charge < -0.3 is 14.7 Å². The zero-order valence-electron chi connectivity index (χ0n) is 21.6. The lowest BCUT2D eigenvalue weighted by Gasteiger charge is -2.87. The van der Waals surface area contributed by atoms with E-state index >= 15 is 0 Å². The Balaban J connectivity index is 1.30. The number of hydrogen-bond acceptors (Lipinski definition) is 5. The molecule has 4 atom stereocenters. The van der Waals surface area contributed by atoms with Gasteiger partial charge in [-0.25, -0.2) is 0 Å². The first kappa shape index (κ1) is 22.9. The molecule has 7 rings (SSSR count). The third kappa shape index (κ3) is 2.74. The minimum absolute atomic E-state index is 0.100. The molecule has 188 valence electrons. The van der Waals surface area contributed by atoms with Crippen LogP contribution in [0.2, 0.25) is 0 Å². The summed E-state index contributed by atoms with van der Waals surface area (Å²) in [7, 11) is 1.75. The molecule has 2 aromatic rings. The smallest absolute Gasteiger partial charge is 0.137 e. The van der Waals surface area contributed by atoms with Gasteiger partial charge in [0.1, 0.15) is 29.2 Å². The SMILES string of the molecule is CCN1C(/C=C/c2ccc(O)cc2C(OC)=C2C3CC4CC5CC2C453)=CC(=C(C#N)C#N)c2ccccc21. The van der Waals surface area contributed by atoms with Crippen molar-refractivity contribution in [3.05, 3.63) is 88.2 Å². The standard InChI is InChI=1S/C33H29N3O2/c1-3-36-23(15-26(20(17-34)18-35)25-6-4-5-7-30(25)36)10-8-19-9-11-24(37)16-27(19)32(38-2)31-28-13-21-12-22-14-29(31)33(21,22)28/h4-11,15-16,21-22,28-29,37H,3,12-14H2,1-2H3/b10-8+,32-31?. The number of aromatic hydroxyl groups is 1. The number of allylic oxidation sites excluding steroid dienone is 5. The molecule has 0 radical (unpaired) electrons. The fourth-order valence-electron chi connectivity index (χ4n) is 8.49. The van der Waals surface area contributed by atoms with Gasteiger partial charge in [0, 0.05) is 34.6 Å². The summed E-state index contributed by atoms with van der Waals surface area (Å²) in [5, 5.41) is 29.7. The zero-order valence-corrected chi connectivity index (χ0v) is 21.6. The van der Waals surface area contributed by atoms with E-state index in [0.717, 1.165) is 52.2 Å². The quantitative estimate of drug-likeness (QED) is 0.367. The largest absolute Gasteiger partial charge is 0.508 e. The minimum Gasteiger partial charge on any atom is -0.508 e. The summed E-state index contributed by atoms with van der Waals surface area (Å²) in [6.45, 7) is 2.82. The van der Waals surface area contributed by atoms with Crippen molar-refractivity contribution in [3.63, 3.8) is 0 Å². The number of ether oxygens (including phenoxy) is 1. The molecule has 4 unspecified atom stereocenters. The number of methoxy groups -OCH3 is 1. The van der Waals surface area contributed by atoms with Crippen LogP contribution in [0.25, 0.3) is 17.4 Å². The summed E-state index contributed by atoms with van der Waals surface area (Å²) in [5.41, 5.74) is 7.43. The molecule has 5 nitrogen and oxygen atoms in total. The topological polar surface area (TPSA) is 80.3 Å². The number of phenolic OH excluding ortho intramolecular Hbond substituents is 1. The fraction of sp³-hybridized carbons (Fsp3) is 0.333. The van der Waals surface area contributed by atoms with Crippen molar-refractivity contribution < 1.29 is 9.84 Å². The van der Waals surface area contributed by atoms with Crippen LogP contribution in [0.15, 0.2) is 71.5 Å². The maximum atomic E-state index is 10.4. The van der Waals surface area contributed by atoms with Crippen molar-refractivity contribution in [1.82, 2.24) is 0 Å². The molecule has 1 spiro atoms. The third-order valence-electron chi connectivity index (χ3n) is 10.1. The van der Waals surface area contributed by atoms with Gasteiger partial charge in [-0.3, -0.25) is 0 Å². The van der Waals surface area contributed by atoms with Crippen LogP contribution in [-0.2, 0) is 4.74 Å². The number of benzene rings is 2. The molecule has 2 aromatic carbocycles. The molecule has 0 saturated heterocycles. The Morgan fingerprint density at radius 2 is 1.82 bits per heavy atom. The molecule has 4 aliphatic carbocycles. The highest BCUT2D eigenvalue weighted by Crippen LogP contribution is 2.89. The number of nitriles is 2. The van der Waals surface area contributed by atoms with E-state index in [4.69, 9.17) is 4.74 Å². The summed E-state index contributed by atoms with van der Waals surface area (Å²) in [6, 6.07) is 17.5. The Hall–Kier alpha value is -4.22. The van der Waals surface area contributed by atoms with Crippen LogP contribution in [0, 0.1) is 51.7 Å². The maximum Gasteiger partial charge on any atom is 0.137 e. The number of phenols is 1. The number of likely N-dealkylation sites (N-methyl/N-ethyl adjacent to an activating group) is 1. The lowest BCUT2D eigenvalue weighted by molar-refractivity contribution is -0.337. The third-order valence-corrected chi connectivity index (χ3v) is 10.1. The number of rotatable bonds is 5. The molecule has 5 aliphatic rings. The Morgan fingerprint density at radius 3 is 2.47 bits per heavy atom. The first-order chi connectivity index (χ1) is 18.6. The Bertz CT molecular complexity index is 1550. The van der Waals surface area contributed by atoms with Crippen molar-refractivity contribution >= 4 is 23.1 Å². The van der Waals surface area contributed by atoms with Crippen LogP contribution in [0.4, 0.5) is 5.69 Å². The van der Waals surface area contributed by atoms with Gasteiger partial charge in [-0.05, 0) is 96.8 Å². The van der Waals surface area contributed by atoms with Gasteiger partial charge >= 0.3 is 0 Å². The van der Waals surface area contributed by atoms with Gasteiger partial charge in [0.2, 0.25) is 0 Å². The fourth-order valence-corrected chi connectivity index (χ4v) is 8.49. The Kier molecular flexibility index (Phi) is 4.91. The van der Waals surface area contributed by atoms with Crippen LogP contribution in [0.3, 0.4) is 0 Å². The molecule has 1 heterocycles. The summed E-state index contributed by atoms with van der Waals surface area (Å²) < 4.78 is 6.08. The van der Waals surface area contributed by atoms with Crippen LogP contribution < -0.4 is 4.90 Å². The molecule has 1 N–H and O–H groups in total. The summed E-state index contributed by atoms with van der Waals surface area (Å²) in [6.07, 6.45) is 10.0. The molecule has 0 amide bonds. The van der Waals surface area contributed by atoms with E-state index in [-0.39, 0.29) is 11.3 Å². The normalized spacial score (nSPS) is 29.2. The second-order valence-corrected chi connectivity index (χ2v) is 11.1. The number of nitrogens with zero attached hydrogens (tertiary/aromatic N) is 3. The van der Waals surface area contributed by atoms with Crippen molar-refractivity contribution in [1.29, 1.82) is 10.5 Å².